The van der Waals surface area contributed by atoms with Crippen LogP contribution in [0.1, 0.15) is 56.3 Å². The van der Waals surface area contributed by atoms with E-state index in [0.29, 0.717) is 11.3 Å². The molecule has 0 aromatic heterocycles. The van der Waals surface area contributed by atoms with Gasteiger partial charge in [-0.2, -0.15) is 0 Å². The number of unbranched alkanes of at least 4 members (excludes halogenated alkanes) is 3. The number of hydrogen-bond donors (Lipinski definition) is 0. The number of carbonyl (C=O) groups is 1. The lowest BCUT2D eigenvalue weighted by atomic mass is 10.1. The molecule has 1 rings (SSSR count). The van der Waals surface area contributed by atoms with Crippen LogP contribution in [0.5, 0.6) is 5.75 Å². The van der Waals surface area contributed by atoms with Crippen molar-refractivity contribution in [2.75, 3.05) is 0 Å². The number of hydrogen-bond acceptors (Lipinski definition) is 2. The van der Waals surface area contributed by atoms with Gasteiger partial charge in [-0.25, -0.2) is 0 Å². The molecule has 1 atom stereocenters. The fourth-order valence-corrected chi connectivity index (χ4v) is 2.02. The lowest BCUT2D eigenvalue weighted by Crippen LogP contribution is -2.13. The van der Waals surface area contributed by atoms with Crippen LogP contribution in [-0.4, -0.2) is 11.3 Å². The van der Waals surface area contributed by atoms with Crippen molar-refractivity contribution in [2.24, 2.45) is 0 Å². The van der Waals surface area contributed by atoms with Crippen LogP contribution in [0.25, 0.3) is 0 Å². The van der Waals surface area contributed by atoms with Gasteiger partial charge in [-0.15, -0.1) is 0 Å². The average molecular weight is 269 g/mol. The summed E-state index contributed by atoms with van der Waals surface area (Å²) in [4.78, 5) is 11.2. The molecule has 0 bridgehead atoms. The molecular formula is C15H21ClO2. The van der Waals surface area contributed by atoms with E-state index in [2.05, 4.69) is 6.92 Å². The molecule has 0 fully saturated rings. The molecule has 0 aliphatic heterocycles. The monoisotopic (exact) mass is 268 g/mol. The van der Waals surface area contributed by atoms with E-state index in [9.17, 15) is 4.79 Å². The largest absolute Gasteiger partial charge is 0.490 e. The first-order valence-corrected chi connectivity index (χ1v) is 6.98. The summed E-state index contributed by atoms with van der Waals surface area (Å²) in [5.41, 5.74) is 0.444. The van der Waals surface area contributed by atoms with Gasteiger partial charge in [-0.05, 0) is 43.5 Å². The van der Waals surface area contributed by atoms with E-state index in [1.807, 2.05) is 13.0 Å². The normalized spacial score (nSPS) is 12.2. The summed E-state index contributed by atoms with van der Waals surface area (Å²) in [5.74, 6) is 0.584. The Morgan fingerprint density at radius 3 is 2.67 bits per heavy atom. The highest BCUT2D eigenvalue weighted by Crippen LogP contribution is 2.22. The van der Waals surface area contributed by atoms with Crippen LogP contribution < -0.4 is 4.74 Å². The number of benzene rings is 1. The van der Waals surface area contributed by atoms with E-state index in [-0.39, 0.29) is 6.10 Å². The quantitative estimate of drug-likeness (QED) is 0.500. The van der Waals surface area contributed by atoms with Crippen LogP contribution in [-0.2, 0) is 0 Å². The standard InChI is InChI=1S/C15H21ClO2/c1-3-4-5-6-9-12(2)18-14-11-8-7-10-13(14)15(16)17/h7-8,10-12H,3-6,9H2,1-2H3/t12-/m0/s1. The van der Waals surface area contributed by atoms with Crippen molar-refractivity contribution in [3.8, 4) is 5.75 Å². The summed E-state index contributed by atoms with van der Waals surface area (Å²) in [5, 5.41) is -0.469. The third kappa shape index (κ3) is 5.09. The van der Waals surface area contributed by atoms with Crippen molar-refractivity contribution in [3.05, 3.63) is 29.8 Å². The van der Waals surface area contributed by atoms with Gasteiger partial charge in [-0.1, -0.05) is 38.3 Å². The molecule has 0 saturated carbocycles. The minimum atomic E-state index is -0.469. The summed E-state index contributed by atoms with van der Waals surface area (Å²) < 4.78 is 5.78. The van der Waals surface area contributed by atoms with E-state index in [4.69, 9.17) is 16.3 Å². The highest BCUT2D eigenvalue weighted by atomic mass is 35.5. The Labute approximate surface area is 114 Å². The Morgan fingerprint density at radius 2 is 2.00 bits per heavy atom. The highest BCUT2D eigenvalue weighted by Gasteiger charge is 2.12. The van der Waals surface area contributed by atoms with Crippen molar-refractivity contribution in [1.29, 1.82) is 0 Å². The van der Waals surface area contributed by atoms with Gasteiger partial charge in [0.1, 0.15) is 5.75 Å². The number of carbonyl (C=O) groups excluding carboxylic acids is 1. The maximum atomic E-state index is 11.2. The topological polar surface area (TPSA) is 26.3 Å². The molecule has 0 unspecified atom stereocenters. The Bertz CT molecular complexity index is 377. The number of ether oxygens (including phenoxy) is 1. The van der Waals surface area contributed by atoms with Gasteiger partial charge in [0.25, 0.3) is 5.24 Å². The molecule has 100 valence electrons. The first kappa shape index (κ1) is 15.0. The third-order valence-corrected chi connectivity index (χ3v) is 3.09. The maximum Gasteiger partial charge on any atom is 0.256 e. The van der Waals surface area contributed by atoms with Gasteiger partial charge >= 0.3 is 0 Å². The molecule has 0 radical (unpaired) electrons. The zero-order chi connectivity index (χ0) is 13.4. The summed E-state index contributed by atoms with van der Waals surface area (Å²) >= 11 is 5.52. The van der Waals surface area contributed by atoms with E-state index in [0.717, 1.165) is 12.8 Å². The van der Waals surface area contributed by atoms with Gasteiger partial charge < -0.3 is 4.74 Å². The molecular weight excluding hydrogens is 248 g/mol. The predicted octanol–water partition coefficient (Wildman–Crippen LogP) is 4.80. The molecule has 0 aliphatic carbocycles. The molecule has 3 heteroatoms. The van der Waals surface area contributed by atoms with Crippen LogP contribution in [0.15, 0.2) is 24.3 Å². The predicted molar refractivity (Wildman–Crippen MR) is 75.5 cm³/mol. The van der Waals surface area contributed by atoms with Crippen molar-refractivity contribution >= 4 is 16.8 Å². The lowest BCUT2D eigenvalue weighted by Gasteiger charge is -2.16. The Balaban J connectivity index is 2.48. The first-order valence-electron chi connectivity index (χ1n) is 6.60. The lowest BCUT2D eigenvalue weighted by molar-refractivity contribution is 0.107. The fourth-order valence-electron chi connectivity index (χ4n) is 1.87. The van der Waals surface area contributed by atoms with Gasteiger partial charge in [0.2, 0.25) is 0 Å². The van der Waals surface area contributed by atoms with Gasteiger partial charge in [0.05, 0.1) is 11.7 Å². The molecule has 0 spiro atoms. The van der Waals surface area contributed by atoms with Crippen LogP contribution in [0.4, 0.5) is 0 Å². The van der Waals surface area contributed by atoms with Crippen molar-refractivity contribution < 1.29 is 9.53 Å². The van der Waals surface area contributed by atoms with E-state index in [1.165, 1.54) is 19.3 Å². The highest BCUT2D eigenvalue weighted by molar-refractivity contribution is 6.68. The van der Waals surface area contributed by atoms with Crippen molar-refractivity contribution in [3.63, 3.8) is 0 Å². The molecule has 0 saturated heterocycles. The second-order valence-corrected chi connectivity index (χ2v) is 4.89. The van der Waals surface area contributed by atoms with Crippen LogP contribution in [0, 0.1) is 0 Å². The van der Waals surface area contributed by atoms with Gasteiger partial charge in [0.15, 0.2) is 0 Å². The van der Waals surface area contributed by atoms with Crippen molar-refractivity contribution in [2.45, 2.75) is 52.1 Å². The zero-order valence-corrected chi connectivity index (χ0v) is 11.9. The summed E-state index contributed by atoms with van der Waals surface area (Å²) in [7, 11) is 0. The van der Waals surface area contributed by atoms with Crippen LogP contribution >= 0.6 is 11.6 Å². The average Bonchev–Trinajstić information content (AvgIpc) is 2.35. The molecule has 2 nitrogen and oxygen atoms in total. The SMILES string of the molecule is CCCCCC[C@H](C)Oc1ccccc1C(=O)Cl. The van der Waals surface area contributed by atoms with E-state index >= 15 is 0 Å². The summed E-state index contributed by atoms with van der Waals surface area (Å²) in [6.07, 6.45) is 6.01. The second kappa shape index (κ2) is 8.15. The smallest absolute Gasteiger partial charge is 0.256 e. The Hall–Kier alpha value is -1.02. The summed E-state index contributed by atoms with van der Waals surface area (Å²) in [6, 6.07) is 7.11. The Morgan fingerprint density at radius 1 is 1.28 bits per heavy atom. The molecule has 0 heterocycles. The maximum absolute atomic E-state index is 11.2. The second-order valence-electron chi connectivity index (χ2n) is 4.55. The van der Waals surface area contributed by atoms with Gasteiger partial charge in [-0.3, -0.25) is 4.79 Å². The number of halogens is 1. The molecule has 0 N–H and O–H groups in total. The summed E-state index contributed by atoms with van der Waals surface area (Å²) in [6.45, 7) is 4.23. The third-order valence-electron chi connectivity index (χ3n) is 2.89. The molecule has 0 amide bonds. The van der Waals surface area contributed by atoms with E-state index < -0.39 is 5.24 Å². The minimum absolute atomic E-state index is 0.110. The zero-order valence-electron chi connectivity index (χ0n) is 11.1. The fraction of sp³-hybridized carbons (Fsp3) is 0.533. The van der Waals surface area contributed by atoms with Gasteiger partial charge in [0, 0.05) is 0 Å². The van der Waals surface area contributed by atoms with E-state index in [1.54, 1.807) is 18.2 Å². The van der Waals surface area contributed by atoms with Crippen LogP contribution in [0.2, 0.25) is 0 Å². The Kier molecular flexibility index (Phi) is 6.81. The minimum Gasteiger partial charge on any atom is -0.490 e. The number of para-hydroxylation sites is 1. The molecule has 0 aliphatic rings. The molecule has 1 aromatic rings. The number of rotatable bonds is 8. The molecule has 1 aromatic carbocycles. The molecule has 18 heavy (non-hydrogen) atoms. The van der Waals surface area contributed by atoms with Crippen LogP contribution in [0.3, 0.4) is 0 Å². The van der Waals surface area contributed by atoms with Crippen molar-refractivity contribution in [1.82, 2.24) is 0 Å². The first-order chi connectivity index (χ1) is 8.65.